The van der Waals surface area contributed by atoms with Crippen molar-refractivity contribution in [1.29, 1.82) is 0 Å². The van der Waals surface area contributed by atoms with Crippen molar-refractivity contribution in [2.75, 3.05) is 26.4 Å². The minimum Gasteiger partial charge on any atom is -0.489 e. The van der Waals surface area contributed by atoms with E-state index in [0.29, 0.717) is 11.5 Å². The molecule has 0 spiro atoms. The molecular formula is C24H24Br2O6S2. The third kappa shape index (κ3) is 7.56. The largest absolute Gasteiger partial charge is 0.489 e. The average molecular weight is 632 g/mol. The van der Waals surface area contributed by atoms with Gasteiger partial charge in [0.15, 0.2) is 0 Å². The molecule has 0 aliphatic carbocycles. The molecule has 2 unspecified atom stereocenters. The monoisotopic (exact) mass is 630 g/mol. The summed E-state index contributed by atoms with van der Waals surface area (Å²) in [6, 6.07) is 11.8. The fraction of sp³-hybridized carbons (Fsp3) is 0.333. The maximum Gasteiger partial charge on any atom is 0.319 e. The summed E-state index contributed by atoms with van der Waals surface area (Å²) in [5.74, 6) is 0.668. The van der Waals surface area contributed by atoms with E-state index in [4.69, 9.17) is 18.9 Å². The molecule has 10 heteroatoms. The molecule has 0 aliphatic rings. The van der Waals surface area contributed by atoms with Crippen LogP contribution < -0.4 is 9.47 Å². The van der Waals surface area contributed by atoms with Gasteiger partial charge in [0.25, 0.3) is 0 Å². The first kappa shape index (κ1) is 26.7. The highest BCUT2D eigenvalue weighted by molar-refractivity contribution is 9.10. The SMILES string of the molecule is CC(Br)C(=O)OCCOc1cc(-c2cccs2)c(OCCOC(=O)C(C)Br)cc1-c1cccs1. The Labute approximate surface area is 223 Å². The van der Waals surface area contributed by atoms with Crippen LogP contribution in [0.2, 0.25) is 0 Å². The molecule has 0 amide bonds. The zero-order chi connectivity index (χ0) is 24.5. The summed E-state index contributed by atoms with van der Waals surface area (Å²) in [5.41, 5.74) is 1.74. The standard InChI is InChI=1S/C24H24Br2O6S2/c1-15(25)23(27)31-9-7-29-19-13-18(22-6-4-12-34-22)20(14-17(19)21-5-3-11-33-21)30-8-10-32-24(28)16(2)26/h3-6,11-16H,7-10H2,1-2H3. The molecule has 0 saturated heterocycles. The van der Waals surface area contributed by atoms with E-state index in [1.54, 1.807) is 36.5 Å². The van der Waals surface area contributed by atoms with E-state index in [1.807, 2.05) is 47.2 Å². The van der Waals surface area contributed by atoms with Crippen LogP contribution in [0, 0.1) is 0 Å². The number of benzene rings is 1. The molecule has 0 bridgehead atoms. The lowest BCUT2D eigenvalue weighted by Crippen LogP contribution is -2.18. The molecule has 182 valence electrons. The van der Waals surface area contributed by atoms with Crippen LogP contribution in [0.25, 0.3) is 20.9 Å². The molecular weight excluding hydrogens is 608 g/mol. The molecule has 2 heterocycles. The third-order valence-corrected chi connectivity index (χ3v) is 7.03. The zero-order valence-electron chi connectivity index (χ0n) is 18.6. The zero-order valence-corrected chi connectivity index (χ0v) is 23.4. The number of ether oxygens (including phenoxy) is 4. The highest BCUT2D eigenvalue weighted by Crippen LogP contribution is 2.43. The number of rotatable bonds is 12. The predicted molar refractivity (Wildman–Crippen MR) is 143 cm³/mol. The highest BCUT2D eigenvalue weighted by Gasteiger charge is 2.18. The van der Waals surface area contributed by atoms with Crippen LogP contribution in [0.1, 0.15) is 13.8 Å². The van der Waals surface area contributed by atoms with Crippen molar-refractivity contribution < 1.29 is 28.5 Å². The molecule has 3 aromatic rings. The van der Waals surface area contributed by atoms with E-state index < -0.39 is 0 Å². The van der Waals surface area contributed by atoms with Crippen LogP contribution in [0.15, 0.2) is 47.2 Å². The van der Waals surface area contributed by atoms with E-state index >= 15 is 0 Å². The van der Waals surface area contributed by atoms with Gasteiger partial charge in [-0.2, -0.15) is 0 Å². The number of hydrogen-bond acceptors (Lipinski definition) is 8. The molecule has 0 fully saturated rings. The van der Waals surface area contributed by atoms with Gasteiger partial charge in [0, 0.05) is 20.9 Å². The Morgan fingerprint density at radius 1 is 0.765 bits per heavy atom. The van der Waals surface area contributed by atoms with Crippen LogP contribution in [-0.2, 0) is 19.1 Å². The lowest BCUT2D eigenvalue weighted by atomic mass is 10.1. The van der Waals surface area contributed by atoms with Gasteiger partial charge in [-0.25, -0.2) is 0 Å². The molecule has 1 aromatic carbocycles. The van der Waals surface area contributed by atoms with Gasteiger partial charge in [-0.3, -0.25) is 9.59 Å². The number of thiophene rings is 2. The number of halogens is 2. The summed E-state index contributed by atoms with van der Waals surface area (Å²) in [5, 5.41) is 3.99. The number of esters is 2. The van der Waals surface area contributed by atoms with Gasteiger partial charge in [0.2, 0.25) is 0 Å². The van der Waals surface area contributed by atoms with Crippen molar-refractivity contribution in [2.24, 2.45) is 0 Å². The van der Waals surface area contributed by atoms with Gasteiger partial charge in [0.05, 0.1) is 0 Å². The van der Waals surface area contributed by atoms with Crippen LogP contribution >= 0.6 is 54.5 Å². The minimum absolute atomic E-state index is 0.141. The van der Waals surface area contributed by atoms with Crippen LogP contribution in [0.4, 0.5) is 0 Å². The van der Waals surface area contributed by atoms with Gasteiger partial charge < -0.3 is 18.9 Å². The Hall–Kier alpha value is -1.88. The van der Waals surface area contributed by atoms with Crippen molar-refractivity contribution in [1.82, 2.24) is 0 Å². The van der Waals surface area contributed by atoms with E-state index in [1.165, 1.54) is 0 Å². The molecule has 6 nitrogen and oxygen atoms in total. The smallest absolute Gasteiger partial charge is 0.319 e. The second kappa shape index (κ2) is 13.3. The van der Waals surface area contributed by atoms with Crippen molar-refractivity contribution >= 4 is 66.5 Å². The van der Waals surface area contributed by atoms with Crippen molar-refractivity contribution in [2.45, 2.75) is 23.5 Å². The van der Waals surface area contributed by atoms with Gasteiger partial charge in [-0.05, 0) is 48.9 Å². The maximum absolute atomic E-state index is 11.7. The van der Waals surface area contributed by atoms with E-state index in [9.17, 15) is 9.59 Å². The molecule has 34 heavy (non-hydrogen) atoms. The first-order chi connectivity index (χ1) is 16.4. The Kier molecular flexibility index (Phi) is 10.4. The summed E-state index contributed by atoms with van der Waals surface area (Å²) in [7, 11) is 0. The topological polar surface area (TPSA) is 71.1 Å². The second-order valence-electron chi connectivity index (χ2n) is 7.06. The van der Waals surface area contributed by atoms with Gasteiger partial charge >= 0.3 is 11.9 Å². The third-order valence-electron chi connectivity index (χ3n) is 4.48. The predicted octanol–water partition coefficient (Wildman–Crippen LogP) is 6.55. The van der Waals surface area contributed by atoms with E-state index in [0.717, 1.165) is 20.9 Å². The van der Waals surface area contributed by atoms with Crippen LogP contribution in [0.3, 0.4) is 0 Å². The Bertz CT molecular complexity index is 980. The van der Waals surface area contributed by atoms with Gasteiger partial charge in [-0.1, -0.05) is 44.0 Å². The molecule has 0 radical (unpaired) electrons. The van der Waals surface area contributed by atoms with Gasteiger partial charge in [0.1, 0.15) is 47.6 Å². The van der Waals surface area contributed by atoms with Crippen molar-refractivity contribution in [3.8, 4) is 32.4 Å². The summed E-state index contributed by atoms with van der Waals surface area (Å²) in [6.07, 6.45) is 0. The number of hydrogen-bond donors (Lipinski definition) is 0. The summed E-state index contributed by atoms with van der Waals surface area (Å²) >= 11 is 9.57. The highest BCUT2D eigenvalue weighted by atomic mass is 79.9. The molecule has 2 aromatic heterocycles. The van der Waals surface area contributed by atoms with Crippen molar-refractivity contribution in [3.63, 3.8) is 0 Å². The molecule has 3 rings (SSSR count). The normalized spacial score (nSPS) is 12.6. The van der Waals surface area contributed by atoms with Crippen molar-refractivity contribution in [3.05, 3.63) is 47.2 Å². The Morgan fingerprint density at radius 2 is 1.18 bits per heavy atom. The Morgan fingerprint density at radius 3 is 1.50 bits per heavy atom. The molecule has 2 atom stereocenters. The van der Waals surface area contributed by atoms with Crippen LogP contribution in [-0.4, -0.2) is 48.0 Å². The molecule has 0 N–H and O–H groups in total. The fourth-order valence-electron chi connectivity index (χ4n) is 2.86. The summed E-state index contributed by atoms with van der Waals surface area (Å²) in [6.45, 7) is 4.14. The summed E-state index contributed by atoms with van der Waals surface area (Å²) in [4.78, 5) is 24.7. The van der Waals surface area contributed by atoms with Gasteiger partial charge in [-0.15, -0.1) is 22.7 Å². The lowest BCUT2D eigenvalue weighted by molar-refractivity contribution is -0.144. The quantitative estimate of drug-likeness (QED) is 0.128. The van der Waals surface area contributed by atoms with E-state index in [-0.39, 0.29) is 48.0 Å². The fourth-order valence-corrected chi connectivity index (χ4v) is 4.62. The minimum atomic E-state index is -0.368. The number of alkyl halides is 2. The maximum atomic E-state index is 11.7. The van der Waals surface area contributed by atoms with Crippen LogP contribution in [0.5, 0.6) is 11.5 Å². The first-order valence-electron chi connectivity index (χ1n) is 10.5. The molecule has 0 saturated carbocycles. The van der Waals surface area contributed by atoms with E-state index in [2.05, 4.69) is 31.9 Å². The molecule has 0 aliphatic heterocycles. The number of carbonyl (C=O) groups is 2. The number of carbonyl (C=O) groups excluding carboxylic acids is 2. The second-order valence-corrected chi connectivity index (χ2v) is 11.7. The Balaban J connectivity index is 1.83. The lowest BCUT2D eigenvalue weighted by Gasteiger charge is -2.17. The summed E-state index contributed by atoms with van der Waals surface area (Å²) < 4.78 is 22.5. The average Bonchev–Trinajstić information content (AvgIpc) is 3.53. The first-order valence-corrected chi connectivity index (χ1v) is 14.1.